The van der Waals surface area contributed by atoms with Crippen molar-refractivity contribution in [2.24, 2.45) is 5.73 Å². The normalized spacial score (nSPS) is 11.7. The lowest BCUT2D eigenvalue weighted by molar-refractivity contribution is -0.118. The fraction of sp³-hybridized carbons (Fsp3) is 0.200. The van der Waals surface area contributed by atoms with Crippen molar-refractivity contribution in [1.29, 1.82) is 0 Å². The molecule has 0 aliphatic rings. The highest BCUT2D eigenvalue weighted by molar-refractivity contribution is 6.01. The Hall–Kier alpha value is -3.44. The van der Waals surface area contributed by atoms with Gasteiger partial charge in [-0.2, -0.15) is 0 Å². The van der Waals surface area contributed by atoms with Crippen molar-refractivity contribution in [3.05, 3.63) is 101 Å². The molecule has 0 aromatic heterocycles. The van der Waals surface area contributed by atoms with Crippen LogP contribution in [0.4, 0.5) is 5.69 Å². The number of nitrogens with two attached hydrogens (primary N) is 1. The van der Waals surface area contributed by atoms with Gasteiger partial charge >= 0.3 is 0 Å². The maximum Gasteiger partial charge on any atom is 0.252 e. The number of benzene rings is 3. The van der Waals surface area contributed by atoms with E-state index in [4.69, 9.17) is 5.73 Å². The van der Waals surface area contributed by atoms with Gasteiger partial charge in [0.25, 0.3) is 11.8 Å². The van der Waals surface area contributed by atoms with Gasteiger partial charge in [0, 0.05) is 17.8 Å². The molecule has 1 atom stereocenters. The molecule has 3 aromatic rings. The van der Waals surface area contributed by atoms with Crippen LogP contribution in [0.1, 0.15) is 52.9 Å². The quantitative estimate of drug-likeness (QED) is 0.549. The lowest BCUT2D eigenvalue weighted by Crippen LogP contribution is -2.37. The molecule has 154 valence electrons. The highest BCUT2D eigenvalue weighted by atomic mass is 16.2. The fourth-order valence-corrected chi connectivity index (χ4v) is 3.17. The van der Waals surface area contributed by atoms with Crippen LogP contribution in [0.15, 0.2) is 78.9 Å². The van der Waals surface area contributed by atoms with Crippen LogP contribution in [0.5, 0.6) is 0 Å². The van der Waals surface area contributed by atoms with Gasteiger partial charge in [-0.25, -0.2) is 0 Å². The monoisotopic (exact) mass is 401 g/mol. The molecule has 0 heterocycles. The predicted molar refractivity (Wildman–Crippen MR) is 120 cm³/mol. The van der Waals surface area contributed by atoms with E-state index in [0.717, 1.165) is 5.56 Å². The molecule has 0 unspecified atom stereocenters. The summed E-state index contributed by atoms with van der Waals surface area (Å²) in [5.41, 5.74) is 9.59. The van der Waals surface area contributed by atoms with Gasteiger partial charge in [0.1, 0.15) is 6.04 Å². The number of hydrogen-bond acceptors (Lipinski definition) is 3. The molecule has 0 fully saturated rings. The molecule has 3 aromatic carbocycles. The third-order valence-electron chi connectivity index (χ3n) is 4.94. The van der Waals surface area contributed by atoms with E-state index in [2.05, 4.69) is 24.5 Å². The second-order valence-electron chi connectivity index (χ2n) is 7.49. The third-order valence-corrected chi connectivity index (χ3v) is 4.94. The van der Waals surface area contributed by atoms with E-state index in [-0.39, 0.29) is 11.8 Å². The first-order valence-corrected chi connectivity index (χ1v) is 10.0. The Labute approximate surface area is 177 Å². The van der Waals surface area contributed by atoms with Crippen molar-refractivity contribution in [2.75, 3.05) is 5.32 Å². The van der Waals surface area contributed by atoms with Crippen LogP contribution in [0.2, 0.25) is 0 Å². The SMILES string of the molecule is CC(C)c1ccc(NC(=O)[C@H](NC(=O)c2cccc(CN)c2)c2ccccc2)cc1. The van der Waals surface area contributed by atoms with Crippen molar-refractivity contribution in [3.63, 3.8) is 0 Å². The Morgan fingerprint density at radius 1 is 0.867 bits per heavy atom. The number of anilines is 1. The maximum atomic E-state index is 13.1. The minimum Gasteiger partial charge on any atom is -0.336 e. The molecule has 0 saturated carbocycles. The fourth-order valence-electron chi connectivity index (χ4n) is 3.17. The lowest BCUT2D eigenvalue weighted by Gasteiger charge is -2.19. The van der Waals surface area contributed by atoms with E-state index in [0.29, 0.717) is 29.3 Å². The topological polar surface area (TPSA) is 84.2 Å². The zero-order valence-corrected chi connectivity index (χ0v) is 17.3. The molecule has 0 saturated heterocycles. The first-order valence-electron chi connectivity index (χ1n) is 10.0. The van der Waals surface area contributed by atoms with Gasteiger partial charge in [-0.3, -0.25) is 9.59 Å². The maximum absolute atomic E-state index is 13.1. The molecule has 0 spiro atoms. The van der Waals surface area contributed by atoms with E-state index < -0.39 is 6.04 Å². The van der Waals surface area contributed by atoms with Gasteiger partial charge in [-0.15, -0.1) is 0 Å². The molecule has 0 bridgehead atoms. The predicted octanol–water partition coefficient (Wildman–Crippen LogP) is 4.38. The molecular weight excluding hydrogens is 374 g/mol. The zero-order valence-electron chi connectivity index (χ0n) is 17.3. The number of nitrogens with one attached hydrogen (secondary N) is 2. The molecule has 0 radical (unpaired) electrons. The van der Waals surface area contributed by atoms with E-state index in [1.165, 1.54) is 5.56 Å². The smallest absolute Gasteiger partial charge is 0.252 e. The molecule has 0 aliphatic carbocycles. The zero-order chi connectivity index (χ0) is 21.5. The summed E-state index contributed by atoms with van der Waals surface area (Å²) in [7, 11) is 0. The number of carbonyl (C=O) groups is 2. The Morgan fingerprint density at radius 3 is 2.20 bits per heavy atom. The molecule has 0 aliphatic heterocycles. The largest absolute Gasteiger partial charge is 0.336 e. The highest BCUT2D eigenvalue weighted by Gasteiger charge is 2.23. The van der Waals surface area contributed by atoms with Gasteiger partial charge in [0.2, 0.25) is 0 Å². The summed E-state index contributed by atoms with van der Waals surface area (Å²) in [6, 6.07) is 23.2. The highest BCUT2D eigenvalue weighted by Crippen LogP contribution is 2.20. The van der Waals surface area contributed by atoms with E-state index >= 15 is 0 Å². The van der Waals surface area contributed by atoms with Crippen LogP contribution in [-0.2, 0) is 11.3 Å². The van der Waals surface area contributed by atoms with Gasteiger partial charge in [-0.1, -0.05) is 68.4 Å². The summed E-state index contributed by atoms with van der Waals surface area (Å²) in [4.78, 5) is 25.9. The van der Waals surface area contributed by atoms with Crippen LogP contribution in [0.3, 0.4) is 0 Å². The Kier molecular flexibility index (Phi) is 6.99. The number of rotatable bonds is 7. The van der Waals surface area contributed by atoms with Crippen LogP contribution in [0, 0.1) is 0 Å². The van der Waals surface area contributed by atoms with Crippen molar-refractivity contribution < 1.29 is 9.59 Å². The number of hydrogen-bond donors (Lipinski definition) is 3. The van der Waals surface area contributed by atoms with Crippen molar-refractivity contribution >= 4 is 17.5 Å². The Morgan fingerprint density at radius 2 is 1.57 bits per heavy atom. The average molecular weight is 402 g/mol. The standard InChI is InChI=1S/C25H27N3O2/c1-17(2)19-11-13-22(14-12-19)27-25(30)23(20-8-4-3-5-9-20)28-24(29)21-10-6-7-18(15-21)16-26/h3-15,17,23H,16,26H2,1-2H3,(H,27,30)(H,28,29)/t23-/m1/s1. The first kappa shape index (κ1) is 21.3. The van der Waals surface area contributed by atoms with Gasteiger partial charge in [0.05, 0.1) is 0 Å². The summed E-state index contributed by atoms with van der Waals surface area (Å²) in [6.45, 7) is 4.58. The summed E-state index contributed by atoms with van der Waals surface area (Å²) >= 11 is 0. The summed E-state index contributed by atoms with van der Waals surface area (Å²) in [5, 5.41) is 5.77. The van der Waals surface area contributed by atoms with E-state index in [1.807, 2.05) is 60.7 Å². The summed E-state index contributed by atoms with van der Waals surface area (Å²) in [6.07, 6.45) is 0. The molecule has 2 amide bonds. The molecular formula is C25H27N3O2. The van der Waals surface area contributed by atoms with Crippen LogP contribution in [0.25, 0.3) is 0 Å². The minimum absolute atomic E-state index is 0.304. The molecule has 5 heteroatoms. The van der Waals surface area contributed by atoms with Crippen LogP contribution < -0.4 is 16.4 Å². The van der Waals surface area contributed by atoms with E-state index in [1.54, 1.807) is 18.2 Å². The second-order valence-corrected chi connectivity index (χ2v) is 7.49. The molecule has 30 heavy (non-hydrogen) atoms. The molecule has 4 N–H and O–H groups in total. The second kappa shape index (κ2) is 9.85. The van der Waals surface area contributed by atoms with Gasteiger partial charge < -0.3 is 16.4 Å². The average Bonchev–Trinajstić information content (AvgIpc) is 2.78. The van der Waals surface area contributed by atoms with Gasteiger partial charge in [0.15, 0.2) is 0 Å². The number of carbonyl (C=O) groups excluding carboxylic acids is 2. The van der Waals surface area contributed by atoms with Gasteiger partial charge in [-0.05, 0) is 46.9 Å². The molecule has 5 nitrogen and oxygen atoms in total. The molecule has 3 rings (SSSR count). The summed E-state index contributed by atoms with van der Waals surface area (Å²) < 4.78 is 0. The third kappa shape index (κ3) is 5.33. The van der Waals surface area contributed by atoms with Crippen molar-refractivity contribution in [3.8, 4) is 0 Å². The Balaban J connectivity index is 1.81. The van der Waals surface area contributed by atoms with Crippen LogP contribution >= 0.6 is 0 Å². The summed E-state index contributed by atoms with van der Waals surface area (Å²) in [5.74, 6) is -0.221. The Bertz CT molecular complexity index is 998. The minimum atomic E-state index is -0.829. The number of amides is 2. The lowest BCUT2D eigenvalue weighted by atomic mass is 10.0. The van der Waals surface area contributed by atoms with Crippen LogP contribution in [-0.4, -0.2) is 11.8 Å². The van der Waals surface area contributed by atoms with Crippen molar-refractivity contribution in [2.45, 2.75) is 32.4 Å². The first-order chi connectivity index (χ1) is 14.5. The van der Waals surface area contributed by atoms with E-state index in [9.17, 15) is 9.59 Å². The van der Waals surface area contributed by atoms with Crippen molar-refractivity contribution in [1.82, 2.24) is 5.32 Å².